The molecular formula is C11H15F2NO. The van der Waals surface area contributed by atoms with Crippen LogP contribution >= 0.6 is 0 Å². The fraction of sp³-hybridized carbons (Fsp3) is 0.455. The number of hydrogen-bond acceptors (Lipinski definition) is 2. The third-order valence-corrected chi connectivity index (χ3v) is 2.13. The van der Waals surface area contributed by atoms with Crippen LogP contribution in [0.1, 0.15) is 18.9 Å². The molecule has 1 N–H and O–H groups in total. The normalized spacial score (nSPS) is 11.0. The maximum atomic E-state index is 13.0. The van der Waals surface area contributed by atoms with Gasteiger partial charge in [0.15, 0.2) is 17.4 Å². The van der Waals surface area contributed by atoms with Crippen LogP contribution in [0.2, 0.25) is 0 Å². The molecule has 0 bridgehead atoms. The smallest absolute Gasteiger partial charge is 0.187 e. The van der Waals surface area contributed by atoms with Crippen LogP contribution in [0.4, 0.5) is 8.78 Å². The molecule has 0 radical (unpaired) electrons. The summed E-state index contributed by atoms with van der Waals surface area (Å²) in [5.41, 5.74) is 0.527. The molecule has 1 aromatic carbocycles. The second kappa shape index (κ2) is 5.07. The maximum absolute atomic E-state index is 13.0. The van der Waals surface area contributed by atoms with Gasteiger partial charge in [-0.3, -0.25) is 0 Å². The van der Waals surface area contributed by atoms with Gasteiger partial charge < -0.3 is 10.0 Å². The highest BCUT2D eigenvalue weighted by Crippen LogP contribution is 2.21. The molecule has 1 rings (SSSR count). The van der Waals surface area contributed by atoms with E-state index in [-0.39, 0.29) is 0 Å². The summed E-state index contributed by atoms with van der Waals surface area (Å²) in [6.45, 7) is 3.38. The minimum atomic E-state index is -0.908. The molecule has 2 nitrogen and oxygen atoms in total. The number of benzene rings is 1. The van der Waals surface area contributed by atoms with Crippen molar-refractivity contribution in [2.24, 2.45) is 0 Å². The first-order valence-electron chi connectivity index (χ1n) is 4.90. The van der Waals surface area contributed by atoms with Crippen LogP contribution in [-0.2, 0) is 6.54 Å². The van der Waals surface area contributed by atoms with Crippen LogP contribution in [-0.4, -0.2) is 23.6 Å². The number of phenolic OH excluding ortho intramolecular Hbond substituents is 1. The third kappa shape index (κ3) is 3.16. The first-order chi connectivity index (χ1) is 7.04. The average molecular weight is 215 g/mol. The van der Waals surface area contributed by atoms with Gasteiger partial charge in [0.05, 0.1) is 0 Å². The lowest BCUT2D eigenvalue weighted by Crippen LogP contribution is -2.18. The van der Waals surface area contributed by atoms with Gasteiger partial charge in [-0.05, 0) is 37.7 Å². The van der Waals surface area contributed by atoms with Crippen LogP contribution in [0.25, 0.3) is 0 Å². The molecule has 4 heteroatoms. The quantitative estimate of drug-likeness (QED) is 0.834. The lowest BCUT2D eigenvalue weighted by atomic mass is 10.2. The average Bonchev–Trinajstić information content (AvgIpc) is 2.14. The Balaban J connectivity index is 2.78. The van der Waals surface area contributed by atoms with Crippen molar-refractivity contribution >= 4 is 0 Å². The van der Waals surface area contributed by atoms with E-state index in [4.69, 9.17) is 5.11 Å². The summed E-state index contributed by atoms with van der Waals surface area (Å²) in [4.78, 5) is 1.96. The second-order valence-electron chi connectivity index (χ2n) is 3.65. The monoisotopic (exact) mass is 215 g/mol. The Morgan fingerprint density at radius 3 is 2.27 bits per heavy atom. The van der Waals surface area contributed by atoms with Crippen LogP contribution in [0.15, 0.2) is 12.1 Å². The minimum absolute atomic E-state index is 0.474. The number of nitrogens with zero attached hydrogens (tertiary/aromatic N) is 1. The molecule has 0 saturated heterocycles. The highest BCUT2D eigenvalue weighted by Gasteiger charge is 2.10. The van der Waals surface area contributed by atoms with E-state index in [1.54, 1.807) is 0 Å². The van der Waals surface area contributed by atoms with Crippen LogP contribution in [0.5, 0.6) is 5.75 Å². The molecule has 0 atom stereocenters. The van der Waals surface area contributed by atoms with Crippen molar-refractivity contribution in [3.05, 3.63) is 29.3 Å². The van der Waals surface area contributed by atoms with Crippen molar-refractivity contribution in [2.75, 3.05) is 13.6 Å². The highest BCUT2D eigenvalue weighted by atomic mass is 19.1. The maximum Gasteiger partial charge on any atom is 0.187 e. The molecule has 0 aliphatic heterocycles. The molecule has 0 fully saturated rings. The second-order valence-corrected chi connectivity index (χ2v) is 3.65. The third-order valence-electron chi connectivity index (χ3n) is 2.13. The fourth-order valence-electron chi connectivity index (χ4n) is 1.48. The molecule has 0 unspecified atom stereocenters. The summed E-state index contributed by atoms with van der Waals surface area (Å²) in [5, 5.41) is 8.90. The van der Waals surface area contributed by atoms with Crippen molar-refractivity contribution in [1.82, 2.24) is 4.90 Å². The molecule has 84 valence electrons. The zero-order valence-corrected chi connectivity index (χ0v) is 8.93. The van der Waals surface area contributed by atoms with Crippen molar-refractivity contribution in [1.29, 1.82) is 0 Å². The molecule has 1 aromatic rings. The van der Waals surface area contributed by atoms with Gasteiger partial charge in [0.2, 0.25) is 0 Å². The van der Waals surface area contributed by atoms with Gasteiger partial charge in [-0.25, -0.2) is 8.78 Å². The molecule has 0 aliphatic rings. The van der Waals surface area contributed by atoms with Crippen LogP contribution in [0.3, 0.4) is 0 Å². The predicted octanol–water partition coefficient (Wildman–Crippen LogP) is 2.51. The lowest BCUT2D eigenvalue weighted by molar-refractivity contribution is 0.324. The number of aromatic hydroxyl groups is 1. The fourth-order valence-corrected chi connectivity index (χ4v) is 1.48. The number of halogens is 2. The van der Waals surface area contributed by atoms with E-state index in [2.05, 4.69) is 0 Å². The van der Waals surface area contributed by atoms with Crippen LogP contribution in [0, 0.1) is 11.6 Å². The molecule has 0 aliphatic carbocycles. The van der Waals surface area contributed by atoms with E-state index in [1.807, 2.05) is 18.9 Å². The SMILES string of the molecule is CCCN(C)Cc1cc(F)c(O)c(F)c1. The summed E-state index contributed by atoms with van der Waals surface area (Å²) < 4.78 is 25.9. The topological polar surface area (TPSA) is 23.5 Å². The Bertz CT molecular complexity index is 318. The molecule has 0 spiro atoms. The van der Waals surface area contributed by atoms with Gasteiger partial charge in [-0.1, -0.05) is 6.92 Å². The molecule has 0 heterocycles. The number of rotatable bonds is 4. The van der Waals surface area contributed by atoms with Crippen molar-refractivity contribution < 1.29 is 13.9 Å². The standard InChI is InChI=1S/C11H15F2NO/c1-3-4-14(2)7-8-5-9(12)11(15)10(13)6-8/h5-6,15H,3-4,7H2,1-2H3. The Morgan fingerprint density at radius 1 is 1.27 bits per heavy atom. The minimum Gasteiger partial charge on any atom is -0.503 e. The number of hydrogen-bond donors (Lipinski definition) is 1. The van der Waals surface area contributed by atoms with Gasteiger partial charge in [0, 0.05) is 6.54 Å². The Kier molecular flexibility index (Phi) is 4.03. The predicted molar refractivity (Wildman–Crippen MR) is 54.6 cm³/mol. The van der Waals surface area contributed by atoms with Crippen molar-refractivity contribution in [3.8, 4) is 5.75 Å². The Morgan fingerprint density at radius 2 is 1.80 bits per heavy atom. The van der Waals surface area contributed by atoms with E-state index in [1.165, 1.54) is 0 Å². The van der Waals surface area contributed by atoms with Crippen LogP contribution < -0.4 is 0 Å². The molecule has 15 heavy (non-hydrogen) atoms. The molecule has 0 saturated carbocycles. The van der Waals surface area contributed by atoms with Crippen molar-refractivity contribution in [3.63, 3.8) is 0 Å². The van der Waals surface area contributed by atoms with E-state index in [0.29, 0.717) is 12.1 Å². The lowest BCUT2D eigenvalue weighted by Gasteiger charge is -2.15. The van der Waals surface area contributed by atoms with E-state index in [0.717, 1.165) is 25.1 Å². The highest BCUT2D eigenvalue weighted by molar-refractivity contribution is 5.29. The summed E-state index contributed by atoms with van der Waals surface area (Å²) in [6, 6.07) is 2.31. The van der Waals surface area contributed by atoms with E-state index >= 15 is 0 Å². The van der Waals surface area contributed by atoms with Gasteiger partial charge >= 0.3 is 0 Å². The summed E-state index contributed by atoms with van der Waals surface area (Å²) >= 11 is 0. The number of phenols is 1. The van der Waals surface area contributed by atoms with Gasteiger partial charge in [0.1, 0.15) is 0 Å². The molecule has 0 amide bonds. The first-order valence-corrected chi connectivity index (χ1v) is 4.90. The largest absolute Gasteiger partial charge is 0.503 e. The molecular weight excluding hydrogens is 200 g/mol. The van der Waals surface area contributed by atoms with Gasteiger partial charge in [-0.2, -0.15) is 0 Å². The van der Waals surface area contributed by atoms with Crippen molar-refractivity contribution in [2.45, 2.75) is 19.9 Å². The van der Waals surface area contributed by atoms with Gasteiger partial charge in [0.25, 0.3) is 0 Å². The Hall–Kier alpha value is -1.16. The molecule has 0 aromatic heterocycles. The van der Waals surface area contributed by atoms with E-state index in [9.17, 15) is 8.78 Å². The first kappa shape index (κ1) is 11.9. The summed E-state index contributed by atoms with van der Waals surface area (Å²) in [7, 11) is 1.88. The summed E-state index contributed by atoms with van der Waals surface area (Å²) in [6.07, 6.45) is 0.986. The van der Waals surface area contributed by atoms with Gasteiger partial charge in [-0.15, -0.1) is 0 Å². The zero-order valence-electron chi connectivity index (χ0n) is 8.93. The Labute approximate surface area is 88.1 Å². The zero-order chi connectivity index (χ0) is 11.4. The summed E-state index contributed by atoms with van der Waals surface area (Å²) in [5.74, 6) is -2.72. The van der Waals surface area contributed by atoms with E-state index < -0.39 is 17.4 Å².